The van der Waals surface area contributed by atoms with Crippen molar-refractivity contribution < 1.29 is 13.9 Å². The maximum absolute atomic E-state index is 13.3. The zero-order chi connectivity index (χ0) is 18.3. The Morgan fingerprint density at radius 1 is 1.19 bits per heavy atom. The van der Waals surface area contributed by atoms with Gasteiger partial charge in [-0.3, -0.25) is 4.40 Å². The lowest BCUT2D eigenvalue weighted by Crippen LogP contribution is -2.05. The second-order valence-electron chi connectivity index (χ2n) is 5.37. The molecule has 0 atom stereocenters. The van der Waals surface area contributed by atoms with Crippen LogP contribution in [0.25, 0.3) is 22.7 Å². The molecule has 0 aliphatic rings. The number of esters is 1. The van der Waals surface area contributed by atoms with Gasteiger partial charge in [0.05, 0.1) is 19.0 Å². The highest BCUT2D eigenvalue weighted by Gasteiger charge is 2.20. The van der Waals surface area contributed by atoms with E-state index in [0.717, 1.165) is 10.3 Å². The number of nitrogens with zero attached hydrogens (tertiary/aromatic N) is 5. The lowest BCUT2D eigenvalue weighted by molar-refractivity contribution is 0.0587. The molecule has 0 saturated heterocycles. The molecule has 0 N–H and O–H groups in total. The summed E-state index contributed by atoms with van der Waals surface area (Å²) < 4.78 is 22.0. The normalized spacial score (nSPS) is 11.0. The number of hydrogen-bond donors (Lipinski definition) is 0. The number of hydrogen-bond acceptors (Lipinski definition) is 5. The molecule has 7 nitrogen and oxygen atoms in total. The van der Waals surface area contributed by atoms with Crippen LogP contribution in [-0.4, -0.2) is 37.2 Å². The van der Waals surface area contributed by atoms with Gasteiger partial charge in [-0.15, -0.1) is 5.10 Å². The first kappa shape index (κ1) is 16.4. The molecule has 0 bridgehead atoms. The molecule has 1 aromatic carbocycles. The van der Waals surface area contributed by atoms with E-state index in [9.17, 15) is 9.18 Å². The summed E-state index contributed by atoms with van der Waals surface area (Å²) in [6.45, 7) is 0. The molecule has 0 spiro atoms. The molecule has 9 heteroatoms. The van der Waals surface area contributed by atoms with Gasteiger partial charge in [0, 0.05) is 11.8 Å². The molecule has 130 valence electrons. The number of carbonyl (C=O) groups is 1. The first-order valence-corrected chi connectivity index (χ1v) is 8.30. The summed E-state index contributed by atoms with van der Waals surface area (Å²) in [5.41, 5.74) is 2.01. The molecule has 0 fully saturated rings. The molecular weight excluding hydrogens is 405 g/mol. The van der Waals surface area contributed by atoms with Crippen LogP contribution >= 0.6 is 15.9 Å². The van der Waals surface area contributed by atoms with E-state index in [1.54, 1.807) is 18.3 Å². The van der Waals surface area contributed by atoms with Crippen molar-refractivity contribution in [2.75, 3.05) is 7.11 Å². The van der Waals surface area contributed by atoms with Crippen LogP contribution in [0.5, 0.6) is 0 Å². The largest absolute Gasteiger partial charge is 0.463 e. The fourth-order valence-electron chi connectivity index (χ4n) is 2.52. The van der Waals surface area contributed by atoms with Crippen LogP contribution < -0.4 is 0 Å². The molecule has 4 rings (SSSR count). The molecular formula is C17H11BrFN5O2. The number of ether oxygens (including phenoxy) is 1. The first-order chi connectivity index (χ1) is 12.6. The van der Waals surface area contributed by atoms with Crippen molar-refractivity contribution in [1.82, 2.24) is 24.1 Å². The molecule has 0 saturated carbocycles. The van der Waals surface area contributed by atoms with E-state index in [4.69, 9.17) is 4.74 Å². The van der Waals surface area contributed by atoms with Crippen molar-refractivity contribution in [3.05, 3.63) is 65.0 Å². The number of benzene rings is 1. The summed E-state index contributed by atoms with van der Waals surface area (Å²) >= 11 is 3.43. The third-order valence-electron chi connectivity index (χ3n) is 3.76. The minimum atomic E-state index is -0.656. The molecule has 3 aromatic heterocycles. The van der Waals surface area contributed by atoms with E-state index in [1.807, 2.05) is 22.7 Å². The SMILES string of the molecule is COC(=O)c1nc(-c2ccc3ncc(Br)n3c2)n(-c2ccc(F)cc2)n1. The quantitative estimate of drug-likeness (QED) is 0.480. The van der Waals surface area contributed by atoms with Crippen LogP contribution in [0.15, 0.2) is 53.4 Å². The smallest absolute Gasteiger partial charge is 0.377 e. The number of carbonyl (C=O) groups excluding carboxylic acids is 1. The second kappa shape index (κ2) is 6.34. The van der Waals surface area contributed by atoms with Crippen LogP contribution in [0, 0.1) is 5.82 Å². The number of fused-ring (bicyclic) bond motifs is 1. The minimum Gasteiger partial charge on any atom is -0.463 e. The highest BCUT2D eigenvalue weighted by molar-refractivity contribution is 9.10. The van der Waals surface area contributed by atoms with Crippen LogP contribution in [0.3, 0.4) is 0 Å². The summed E-state index contributed by atoms with van der Waals surface area (Å²) in [6, 6.07) is 9.38. The van der Waals surface area contributed by atoms with Crippen molar-refractivity contribution >= 4 is 27.5 Å². The van der Waals surface area contributed by atoms with E-state index in [1.165, 1.54) is 23.9 Å². The second-order valence-corrected chi connectivity index (χ2v) is 6.18. The molecule has 0 radical (unpaired) electrons. The minimum absolute atomic E-state index is 0.0865. The van der Waals surface area contributed by atoms with Crippen molar-refractivity contribution in [3.63, 3.8) is 0 Å². The zero-order valence-electron chi connectivity index (χ0n) is 13.4. The number of aromatic nitrogens is 5. The topological polar surface area (TPSA) is 74.3 Å². The number of imidazole rings is 1. The third kappa shape index (κ3) is 2.76. The van der Waals surface area contributed by atoms with E-state index in [0.29, 0.717) is 17.1 Å². The molecule has 0 amide bonds. The Labute approximate surface area is 155 Å². The van der Waals surface area contributed by atoms with Gasteiger partial charge >= 0.3 is 5.97 Å². The Balaban J connectivity index is 1.92. The zero-order valence-corrected chi connectivity index (χ0v) is 15.0. The van der Waals surface area contributed by atoms with Gasteiger partial charge in [0.2, 0.25) is 0 Å². The fraction of sp³-hybridized carbons (Fsp3) is 0.0588. The molecule has 26 heavy (non-hydrogen) atoms. The van der Waals surface area contributed by atoms with Gasteiger partial charge in [-0.05, 0) is 52.3 Å². The maximum Gasteiger partial charge on any atom is 0.377 e. The fourth-order valence-corrected chi connectivity index (χ4v) is 2.91. The molecule has 4 aromatic rings. The summed E-state index contributed by atoms with van der Waals surface area (Å²) in [6.07, 6.45) is 3.50. The lowest BCUT2D eigenvalue weighted by atomic mass is 10.2. The van der Waals surface area contributed by atoms with E-state index >= 15 is 0 Å². The highest BCUT2D eigenvalue weighted by atomic mass is 79.9. The average molecular weight is 416 g/mol. The number of rotatable bonds is 3. The van der Waals surface area contributed by atoms with Gasteiger partial charge in [0.1, 0.15) is 16.1 Å². The summed E-state index contributed by atoms with van der Waals surface area (Å²) in [5, 5.41) is 4.22. The Morgan fingerprint density at radius 3 is 2.69 bits per heavy atom. The summed E-state index contributed by atoms with van der Waals surface area (Å²) in [4.78, 5) is 20.4. The van der Waals surface area contributed by atoms with Crippen molar-refractivity contribution in [2.45, 2.75) is 0 Å². The Bertz CT molecular complexity index is 1120. The van der Waals surface area contributed by atoms with Gasteiger partial charge in [0.15, 0.2) is 5.82 Å². The summed E-state index contributed by atoms with van der Waals surface area (Å²) in [5.74, 6) is -0.694. The van der Waals surface area contributed by atoms with Crippen molar-refractivity contribution in [2.24, 2.45) is 0 Å². The molecule has 3 heterocycles. The van der Waals surface area contributed by atoms with Crippen molar-refractivity contribution in [1.29, 1.82) is 0 Å². The van der Waals surface area contributed by atoms with E-state index < -0.39 is 5.97 Å². The van der Waals surface area contributed by atoms with Crippen LogP contribution in [0.4, 0.5) is 4.39 Å². The van der Waals surface area contributed by atoms with Crippen molar-refractivity contribution in [3.8, 4) is 17.1 Å². The van der Waals surface area contributed by atoms with Gasteiger partial charge in [-0.1, -0.05) is 0 Å². The van der Waals surface area contributed by atoms with Gasteiger partial charge in [-0.2, -0.15) is 0 Å². The molecule has 0 aliphatic carbocycles. The molecule has 0 aliphatic heterocycles. The van der Waals surface area contributed by atoms with Crippen LogP contribution in [0.2, 0.25) is 0 Å². The number of halogens is 2. The monoisotopic (exact) mass is 415 g/mol. The molecule has 0 unspecified atom stereocenters. The van der Waals surface area contributed by atoms with Gasteiger partial charge in [-0.25, -0.2) is 23.8 Å². The predicted molar refractivity (Wildman–Crippen MR) is 94.5 cm³/mol. The first-order valence-electron chi connectivity index (χ1n) is 7.51. The Morgan fingerprint density at radius 2 is 1.96 bits per heavy atom. The maximum atomic E-state index is 13.3. The van der Waals surface area contributed by atoms with Crippen LogP contribution in [0.1, 0.15) is 10.6 Å². The Kier molecular flexibility index (Phi) is 4.00. The number of methoxy groups -OCH3 is 1. The van der Waals surface area contributed by atoms with E-state index in [-0.39, 0.29) is 11.6 Å². The predicted octanol–water partition coefficient (Wildman–Crippen LogP) is 3.27. The average Bonchev–Trinajstić information content (AvgIpc) is 3.26. The highest BCUT2D eigenvalue weighted by Crippen LogP contribution is 2.24. The van der Waals surface area contributed by atoms with Gasteiger partial charge < -0.3 is 4.74 Å². The van der Waals surface area contributed by atoms with Crippen LogP contribution in [-0.2, 0) is 4.74 Å². The van der Waals surface area contributed by atoms with E-state index in [2.05, 4.69) is 31.0 Å². The Hall–Kier alpha value is -3.07. The number of pyridine rings is 1. The lowest BCUT2D eigenvalue weighted by Gasteiger charge is -2.06. The summed E-state index contributed by atoms with van der Waals surface area (Å²) in [7, 11) is 1.26. The third-order valence-corrected chi connectivity index (χ3v) is 4.35. The van der Waals surface area contributed by atoms with Gasteiger partial charge in [0.25, 0.3) is 5.82 Å². The standard InChI is InChI=1S/C17H11BrFN5O2/c1-26-17(25)15-21-16(24(22-15)12-5-3-11(19)4-6-12)10-2-7-14-20-8-13(18)23(14)9-10/h2-9H,1H3.